The van der Waals surface area contributed by atoms with Gasteiger partial charge in [0.15, 0.2) is 0 Å². The maximum Gasteiger partial charge on any atom is 0.144 e. The Morgan fingerprint density at radius 3 is 2.68 bits per heavy atom. The normalized spacial score (nSPS) is 10.9. The summed E-state index contributed by atoms with van der Waals surface area (Å²) in [6.07, 6.45) is 0. The summed E-state index contributed by atoms with van der Waals surface area (Å²) >= 11 is 0. The molecule has 100 valence electrons. The number of aromatic nitrogens is 2. The topological polar surface area (TPSA) is 55.0 Å². The molecule has 0 fully saturated rings. The molecule has 19 heavy (non-hydrogen) atoms. The number of nitrogens with two attached hydrogens (primary N) is 1. The first-order valence-electron chi connectivity index (χ1n) is 6.06. The molecule has 0 unspecified atom stereocenters. The van der Waals surface area contributed by atoms with E-state index in [0.717, 1.165) is 11.3 Å². The summed E-state index contributed by atoms with van der Waals surface area (Å²) in [4.78, 5) is 10.5. The fraction of sp³-hybridized carbons (Fsp3) is 0.286. The molecule has 1 aromatic carbocycles. The van der Waals surface area contributed by atoms with Crippen LogP contribution >= 0.6 is 0 Å². The van der Waals surface area contributed by atoms with Crippen molar-refractivity contribution in [2.24, 2.45) is 0 Å². The molecule has 2 rings (SSSR count). The lowest BCUT2D eigenvalue weighted by Crippen LogP contribution is -2.19. The van der Waals surface area contributed by atoms with Crippen LogP contribution in [0.15, 0.2) is 30.3 Å². The number of benzene rings is 1. The van der Waals surface area contributed by atoms with Crippen molar-refractivity contribution in [2.75, 3.05) is 12.8 Å². The molecular formula is C14H17FN4. The van der Waals surface area contributed by atoms with Crippen molar-refractivity contribution >= 4 is 5.82 Å². The van der Waals surface area contributed by atoms with E-state index in [1.807, 2.05) is 24.9 Å². The minimum atomic E-state index is -0.220. The first-order chi connectivity index (χ1) is 9.02. The maximum absolute atomic E-state index is 13.1. The molecular weight excluding hydrogens is 243 g/mol. The molecule has 0 amide bonds. The second-order valence-corrected chi connectivity index (χ2v) is 4.65. The van der Waals surface area contributed by atoms with E-state index in [4.69, 9.17) is 5.73 Å². The lowest BCUT2D eigenvalue weighted by atomic mass is 10.2. The van der Waals surface area contributed by atoms with Crippen LogP contribution in [0.4, 0.5) is 10.2 Å². The Labute approximate surface area is 112 Å². The second-order valence-electron chi connectivity index (χ2n) is 4.65. The van der Waals surface area contributed by atoms with Crippen LogP contribution in [0.1, 0.15) is 17.1 Å². The predicted molar refractivity (Wildman–Crippen MR) is 72.8 cm³/mol. The molecule has 0 bridgehead atoms. The van der Waals surface area contributed by atoms with Crippen molar-refractivity contribution in [2.45, 2.75) is 20.0 Å². The van der Waals surface area contributed by atoms with E-state index in [1.54, 1.807) is 12.1 Å². The molecule has 0 spiro atoms. The zero-order valence-corrected chi connectivity index (χ0v) is 11.1. The van der Waals surface area contributed by atoms with Crippen molar-refractivity contribution in [3.8, 4) is 0 Å². The predicted octanol–water partition coefficient (Wildman–Crippen LogP) is 2.14. The van der Waals surface area contributed by atoms with Crippen LogP contribution in [0.5, 0.6) is 0 Å². The highest BCUT2D eigenvalue weighted by Crippen LogP contribution is 2.09. The van der Waals surface area contributed by atoms with Gasteiger partial charge in [0.05, 0.1) is 6.54 Å². The highest BCUT2D eigenvalue weighted by Gasteiger charge is 2.06. The third-order valence-electron chi connectivity index (χ3n) is 2.67. The van der Waals surface area contributed by atoms with E-state index in [-0.39, 0.29) is 5.82 Å². The first-order valence-corrected chi connectivity index (χ1v) is 6.06. The molecule has 0 aliphatic heterocycles. The summed E-state index contributed by atoms with van der Waals surface area (Å²) in [5.74, 6) is 0.931. The van der Waals surface area contributed by atoms with Crippen LogP contribution in [0.25, 0.3) is 0 Å². The number of nitrogen functional groups attached to an aromatic ring is 1. The van der Waals surface area contributed by atoms with Gasteiger partial charge < -0.3 is 5.73 Å². The molecule has 0 aliphatic rings. The van der Waals surface area contributed by atoms with Gasteiger partial charge in [-0.05, 0) is 31.7 Å². The summed E-state index contributed by atoms with van der Waals surface area (Å²) < 4.78 is 13.1. The highest BCUT2D eigenvalue weighted by atomic mass is 19.1. The van der Waals surface area contributed by atoms with E-state index in [9.17, 15) is 4.39 Å². The number of hydrogen-bond acceptors (Lipinski definition) is 4. The number of aryl methyl sites for hydroxylation is 1. The summed E-state index contributed by atoms with van der Waals surface area (Å²) in [6, 6.07) is 8.30. The van der Waals surface area contributed by atoms with Gasteiger partial charge in [-0.1, -0.05) is 12.1 Å². The first kappa shape index (κ1) is 13.4. The van der Waals surface area contributed by atoms with Gasteiger partial charge in [-0.25, -0.2) is 14.4 Å². The van der Waals surface area contributed by atoms with Gasteiger partial charge in [-0.2, -0.15) is 0 Å². The van der Waals surface area contributed by atoms with Crippen molar-refractivity contribution in [1.82, 2.24) is 14.9 Å². The SMILES string of the molecule is Cc1cc(N)nc(CN(C)Cc2cccc(F)c2)n1. The number of halogens is 1. The summed E-state index contributed by atoms with van der Waals surface area (Å²) in [5.41, 5.74) is 7.46. The Morgan fingerprint density at radius 2 is 2.00 bits per heavy atom. The molecule has 5 heteroatoms. The van der Waals surface area contributed by atoms with Gasteiger partial charge >= 0.3 is 0 Å². The van der Waals surface area contributed by atoms with Gasteiger partial charge in [-0.3, -0.25) is 4.90 Å². The van der Waals surface area contributed by atoms with Crippen molar-refractivity contribution in [3.05, 3.63) is 53.2 Å². The van der Waals surface area contributed by atoms with Crippen LogP contribution in [0.2, 0.25) is 0 Å². The fourth-order valence-electron chi connectivity index (χ4n) is 1.97. The van der Waals surface area contributed by atoms with E-state index in [0.29, 0.717) is 24.7 Å². The van der Waals surface area contributed by atoms with Crippen LogP contribution in [-0.4, -0.2) is 21.9 Å². The Kier molecular flexibility index (Phi) is 4.06. The molecule has 1 heterocycles. The number of nitrogens with zero attached hydrogens (tertiary/aromatic N) is 3. The smallest absolute Gasteiger partial charge is 0.144 e. The van der Waals surface area contributed by atoms with Gasteiger partial charge in [-0.15, -0.1) is 0 Å². The van der Waals surface area contributed by atoms with E-state index >= 15 is 0 Å². The Hall–Kier alpha value is -2.01. The van der Waals surface area contributed by atoms with Crippen molar-refractivity contribution in [3.63, 3.8) is 0 Å². The van der Waals surface area contributed by atoms with E-state index < -0.39 is 0 Å². The van der Waals surface area contributed by atoms with Crippen molar-refractivity contribution in [1.29, 1.82) is 0 Å². The molecule has 0 saturated carbocycles. The standard InChI is InChI=1S/C14H17FN4/c1-10-6-13(16)18-14(17-10)9-19(2)8-11-4-3-5-12(15)7-11/h3-7H,8-9H2,1-2H3,(H2,16,17,18). The lowest BCUT2D eigenvalue weighted by Gasteiger charge is -2.16. The second kappa shape index (κ2) is 5.75. The molecule has 2 N–H and O–H groups in total. The minimum Gasteiger partial charge on any atom is -0.384 e. The maximum atomic E-state index is 13.1. The van der Waals surface area contributed by atoms with Gasteiger partial charge in [0, 0.05) is 18.3 Å². The largest absolute Gasteiger partial charge is 0.384 e. The Balaban J connectivity index is 2.03. The molecule has 2 aromatic rings. The molecule has 0 saturated heterocycles. The lowest BCUT2D eigenvalue weighted by molar-refractivity contribution is 0.310. The van der Waals surface area contributed by atoms with E-state index in [1.165, 1.54) is 12.1 Å². The monoisotopic (exact) mass is 260 g/mol. The van der Waals surface area contributed by atoms with E-state index in [2.05, 4.69) is 9.97 Å². The highest BCUT2D eigenvalue weighted by molar-refractivity contribution is 5.29. The summed E-state index contributed by atoms with van der Waals surface area (Å²) in [5, 5.41) is 0. The zero-order chi connectivity index (χ0) is 13.8. The fourth-order valence-corrected chi connectivity index (χ4v) is 1.97. The van der Waals surface area contributed by atoms with Crippen LogP contribution in [0.3, 0.4) is 0 Å². The average Bonchev–Trinajstić information content (AvgIpc) is 2.26. The molecule has 1 aromatic heterocycles. The zero-order valence-electron chi connectivity index (χ0n) is 11.1. The summed E-state index contributed by atoms with van der Waals surface area (Å²) in [7, 11) is 1.94. The van der Waals surface area contributed by atoms with Gasteiger partial charge in [0.2, 0.25) is 0 Å². The Morgan fingerprint density at radius 1 is 1.21 bits per heavy atom. The summed E-state index contributed by atoms with van der Waals surface area (Å²) in [6.45, 7) is 3.09. The quantitative estimate of drug-likeness (QED) is 0.915. The number of hydrogen-bond donors (Lipinski definition) is 1. The van der Waals surface area contributed by atoms with Gasteiger partial charge in [0.25, 0.3) is 0 Å². The minimum absolute atomic E-state index is 0.220. The molecule has 4 nitrogen and oxygen atoms in total. The number of anilines is 1. The third-order valence-corrected chi connectivity index (χ3v) is 2.67. The Bertz CT molecular complexity index is 551. The number of rotatable bonds is 4. The molecule has 0 aliphatic carbocycles. The molecule has 0 radical (unpaired) electrons. The third kappa shape index (κ3) is 3.99. The van der Waals surface area contributed by atoms with Gasteiger partial charge in [0.1, 0.15) is 17.5 Å². The molecule has 0 atom stereocenters. The van der Waals surface area contributed by atoms with Crippen LogP contribution < -0.4 is 5.73 Å². The average molecular weight is 260 g/mol. The van der Waals surface area contributed by atoms with Crippen molar-refractivity contribution < 1.29 is 4.39 Å². The van der Waals surface area contributed by atoms with Crippen LogP contribution in [0, 0.1) is 12.7 Å². The van der Waals surface area contributed by atoms with Crippen LogP contribution in [-0.2, 0) is 13.1 Å².